The van der Waals surface area contributed by atoms with Gasteiger partial charge in [-0.25, -0.2) is 0 Å². The molecule has 80 valence electrons. The van der Waals surface area contributed by atoms with Crippen molar-refractivity contribution in [2.24, 2.45) is 0 Å². The third-order valence-corrected chi connectivity index (χ3v) is 2.43. The topological polar surface area (TPSA) is 36.6 Å². The Hall–Kier alpha value is -0.320. The average Bonchev–Trinajstić information content (AvgIpc) is 2.52. The molecule has 1 heterocycles. The van der Waals surface area contributed by atoms with Crippen LogP contribution >= 0.6 is 15.9 Å². The highest BCUT2D eigenvalue weighted by molar-refractivity contribution is 9.10. The third-order valence-electron chi connectivity index (χ3n) is 2.00. The molecule has 3 nitrogen and oxygen atoms in total. The van der Waals surface area contributed by atoms with Crippen molar-refractivity contribution in [3.63, 3.8) is 0 Å². The number of aliphatic hydroxyl groups is 1. The van der Waals surface area contributed by atoms with Gasteiger partial charge in [0.25, 0.3) is 0 Å². The van der Waals surface area contributed by atoms with E-state index in [1.54, 1.807) is 0 Å². The van der Waals surface area contributed by atoms with Crippen molar-refractivity contribution in [3.05, 3.63) is 22.6 Å². The molecule has 1 N–H and O–H groups in total. The highest BCUT2D eigenvalue weighted by atomic mass is 79.9. The van der Waals surface area contributed by atoms with Gasteiger partial charge in [-0.2, -0.15) is 0 Å². The number of aliphatic hydroxyl groups excluding tert-OH is 1. The summed E-state index contributed by atoms with van der Waals surface area (Å²) in [4.78, 5) is 2.18. The number of halogens is 1. The molecule has 0 aromatic carbocycles. The van der Waals surface area contributed by atoms with Crippen molar-refractivity contribution in [3.8, 4) is 0 Å². The molecule has 0 saturated carbocycles. The van der Waals surface area contributed by atoms with Gasteiger partial charge >= 0.3 is 0 Å². The molecule has 0 amide bonds. The maximum absolute atomic E-state index is 8.63. The molecular weight excluding hydrogens is 246 g/mol. The summed E-state index contributed by atoms with van der Waals surface area (Å²) in [6.45, 7) is 2.08. The predicted molar refractivity (Wildman–Crippen MR) is 59.1 cm³/mol. The van der Waals surface area contributed by atoms with Crippen molar-refractivity contribution in [2.45, 2.75) is 19.4 Å². The molecule has 0 atom stereocenters. The van der Waals surface area contributed by atoms with Gasteiger partial charge in [0, 0.05) is 6.61 Å². The smallest absolute Gasteiger partial charge is 0.169 e. The van der Waals surface area contributed by atoms with Gasteiger partial charge in [-0.3, -0.25) is 4.90 Å². The van der Waals surface area contributed by atoms with Crippen molar-refractivity contribution in [2.75, 3.05) is 20.2 Å². The zero-order valence-corrected chi connectivity index (χ0v) is 9.96. The molecule has 1 rings (SSSR count). The largest absolute Gasteiger partial charge is 0.453 e. The summed E-state index contributed by atoms with van der Waals surface area (Å²) in [6.07, 6.45) is 1.89. The zero-order chi connectivity index (χ0) is 10.4. The molecule has 14 heavy (non-hydrogen) atoms. The Labute approximate surface area is 92.8 Å². The molecule has 0 aliphatic rings. The first kappa shape index (κ1) is 11.8. The Morgan fingerprint density at radius 2 is 2.21 bits per heavy atom. The summed E-state index contributed by atoms with van der Waals surface area (Å²) in [6, 6.07) is 3.86. The van der Waals surface area contributed by atoms with Gasteiger partial charge in [0.05, 0.1) is 6.54 Å². The minimum absolute atomic E-state index is 0.278. The van der Waals surface area contributed by atoms with Crippen LogP contribution in [0.1, 0.15) is 18.6 Å². The van der Waals surface area contributed by atoms with Crippen molar-refractivity contribution >= 4 is 15.9 Å². The number of nitrogens with zero attached hydrogens (tertiary/aromatic N) is 1. The molecule has 4 heteroatoms. The van der Waals surface area contributed by atoms with Crippen LogP contribution in [0.3, 0.4) is 0 Å². The summed E-state index contributed by atoms with van der Waals surface area (Å²) in [7, 11) is 2.05. The normalized spacial score (nSPS) is 11.1. The lowest BCUT2D eigenvalue weighted by Crippen LogP contribution is -2.18. The van der Waals surface area contributed by atoms with Crippen LogP contribution < -0.4 is 0 Å². The lowest BCUT2D eigenvalue weighted by Gasteiger charge is -2.14. The molecule has 0 radical (unpaired) electrons. The van der Waals surface area contributed by atoms with Gasteiger partial charge in [0.1, 0.15) is 5.76 Å². The lowest BCUT2D eigenvalue weighted by molar-refractivity contribution is 0.252. The third kappa shape index (κ3) is 4.26. The van der Waals surface area contributed by atoms with E-state index in [1.165, 1.54) is 0 Å². The molecule has 0 fully saturated rings. The van der Waals surface area contributed by atoms with E-state index < -0.39 is 0 Å². The van der Waals surface area contributed by atoms with Crippen molar-refractivity contribution < 1.29 is 9.52 Å². The summed E-state index contributed by atoms with van der Waals surface area (Å²) >= 11 is 3.27. The van der Waals surface area contributed by atoms with Crippen LogP contribution in [0.2, 0.25) is 0 Å². The first-order valence-corrected chi connectivity index (χ1v) is 5.55. The fourth-order valence-electron chi connectivity index (χ4n) is 1.28. The van der Waals surface area contributed by atoms with E-state index in [1.807, 2.05) is 19.2 Å². The highest BCUT2D eigenvalue weighted by Crippen LogP contribution is 2.15. The zero-order valence-electron chi connectivity index (χ0n) is 8.37. The summed E-state index contributed by atoms with van der Waals surface area (Å²) in [5, 5.41) is 8.63. The molecule has 0 spiro atoms. The molecule has 0 saturated heterocycles. The van der Waals surface area contributed by atoms with E-state index in [0.717, 1.165) is 36.4 Å². The fraction of sp³-hybridized carbons (Fsp3) is 0.600. The second kappa shape index (κ2) is 6.22. The first-order valence-electron chi connectivity index (χ1n) is 4.76. The van der Waals surface area contributed by atoms with Crippen molar-refractivity contribution in [1.82, 2.24) is 4.90 Å². The summed E-state index contributed by atoms with van der Waals surface area (Å²) in [5.74, 6) is 0.961. The van der Waals surface area contributed by atoms with Gasteiger partial charge in [0.2, 0.25) is 0 Å². The Bertz CT molecular complexity index is 262. The Morgan fingerprint density at radius 1 is 1.43 bits per heavy atom. The van der Waals surface area contributed by atoms with Crippen molar-refractivity contribution in [1.29, 1.82) is 0 Å². The van der Waals surface area contributed by atoms with Crippen LogP contribution in [-0.4, -0.2) is 30.2 Å². The van der Waals surface area contributed by atoms with Gasteiger partial charge in [-0.05, 0) is 54.5 Å². The van der Waals surface area contributed by atoms with E-state index in [0.29, 0.717) is 0 Å². The standard InChI is InChI=1S/C10H16BrNO2/c1-12(6-2-3-7-13)8-9-4-5-10(11)14-9/h4-5,13H,2-3,6-8H2,1H3. The summed E-state index contributed by atoms with van der Waals surface area (Å²) in [5.41, 5.74) is 0. The number of furan rings is 1. The minimum atomic E-state index is 0.278. The SMILES string of the molecule is CN(CCCCO)Cc1ccc(Br)o1. The second-order valence-corrected chi connectivity index (χ2v) is 4.16. The van der Waals surface area contributed by atoms with Gasteiger partial charge < -0.3 is 9.52 Å². The number of unbranched alkanes of at least 4 members (excludes halogenated alkanes) is 1. The van der Waals surface area contributed by atoms with E-state index in [4.69, 9.17) is 9.52 Å². The maximum Gasteiger partial charge on any atom is 0.169 e. The minimum Gasteiger partial charge on any atom is -0.453 e. The molecule has 0 aliphatic carbocycles. The molecule has 1 aromatic rings. The van der Waals surface area contributed by atoms with Crippen LogP contribution in [-0.2, 0) is 6.54 Å². The molecule has 1 aromatic heterocycles. The van der Waals surface area contributed by atoms with Crippen LogP contribution in [0.25, 0.3) is 0 Å². The highest BCUT2D eigenvalue weighted by Gasteiger charge is 2.03. The lowest BCUT2D eigenvalue weighted by atomic mass is 10.3. The average molecular weight is 262 g/mol. The first-order chi connectivity index (χ1) is 6.72. The van der Waals surface area contributed by atoms with Gasteiger partial charge in [-0.1, -0.05) is 0 Å². The number of rotatable bonds is 6. The Morgan fingerprint density at radius 3 is 2.79 bits per heavy atom. The maximum atomic E-state index is 8.63. The monoisotopic (exact) mass is 261 g/mol. The van der Waals surface area contributed by atoms with E-state index in [-0.39, 0.29) is 6.61 Å². The molecule has 0 aliphatic heterocycles. The van der Waals surface area contributed by atoms with Crippen LogP contribution in [0.15, 0.2) is 21.2 Å². The number of hydrogen-bond acceptors (Lipinski definition) is 3. The molecule has 0 unspecified atom stereocenters. The van der Waals surface area contributed by atoms with Crippen LogP contribution in [0.4, 0.5) is 0 Å². The molecule has 0 bridgehead atoms. The Balaban J connectivity index is 2.23. The fourth-order valence-corrected chi connectivity index (χ4v) is 1.62. The number of hydrogen-bond donors (Lipinski definition) is 1. The van der Waals surface area contributed by atoms with E-state index in [9.17, 15) is 0 Å². The predicted octanol–water partition coefficient (Wildman–Crippen LogP) is 2.25. The quantitative estimate of drug-likeness (QED) is 0.799. The van der Waals surface area contributed by atoms with Crippen LogP contribution in [0, 0.1) is 0 Å². The Kier molecular flexibility index (Phi) is 5.22. The van der Waals surface area contributed by atoms with Crippen LogP contribution in [0.5, 0.6) is 0 Å². The van der Waals surface area contributed by atoms with E-state index in [2.05, 4.69) is 20.8 Å². The van der Waals surface area contributed by atoms with Gasteiger partial charge in [0.15, 0.2) is 4.67 Å². The summed E-state index contributed by atoms with van der Waals surface area (Å²) < 4.78 is 6.16. The van der Waals surface area contributed by atoms with Gasteiger partial charge in [-0.15, -0.1) is 0 Å². The second-order valence-electron chi connectivity index (χ2n) is 3.37. The van der Waals surface area contributed by atoms with E-state index >= 15 is 0 Å². The molecular formula is C10H16BrNO2.